The molecule has 1 N–H and O–H groups in total. The predicted octanol–water partition coefficient (Wildman–Crippen LogP) is 3.81. The van der Waals surface area contributed by atoms with Gasteiger partial charge in [-0.2, -0.15) is 4.98 Å². The molecule has 1 aromatic carbocycles. The molecule has 0 fully saturated rings. The number of nitrogens with one attached hydrogen (secondary N) is 1. The highest BCUT2D eigenvalue weighted by molar-refractivity contribution is 9.10. The number of aromatic nitrogens is 3. The number of fused-ring (bicyclic) bond motifs is 1. The molecule has 0 spiro atoms. The van der Waals surface area contributed by atoms with Crippen molar-refractivity contribution < 1.29 is 18.8 Å². The number of hydrogen-bond donors (Lipinski definition) is 1. The smallest absolute Gasteiger partial charge is 0.306 e. The normalized spacial score (nSPS) is 10.9. The number of nitrogens with zero attached hydrogens (tertiary/aromatic N) is 3. The zero-order chi connectivity index (χ0) is 20.1. The summed E-state index contributed by atoms with van der Waals surface area (Å²) in [5, 5.41) is 8.02. The number of aryl methyl sites for hydroxylation is 2. The van der Waals surface area contributed by atoms with Crippen molar-refractivity contribution in [1.29, 1.82) is 0 Å². The molecule has 0 saturated carbocycles. The lowest BCUT2D eigenvalue weighted by Crippen LogP contribution is -2.09. The molecule has 8 nitrogen and oxygen atoms in total. The monoisotopic (exact) mass is 448 g/mol. The number of anilines is 1. The van der Waals surface area contributed by atoms with Crippen LogP contribution in [0.15, 0.2) is 27.2 Å². The number of carbonyl (C=O) groups excluding carboxylic acids is 1. The standard InChI is InChI=1S/C19H21BrN4O4/c1-4-27-16(25)8-7-15-22-18(17-11(2)24-28-19(17)23-15)21-10-12-9-13(20)5-6-14(12)26-3/h5-6,9H,4,7-8,10H2,1-3H3,(H,21,22,23). The molecule has 3 rings (SSSR count). The Labute approximate surface area is 170 Å². The van der Waals surface area contributed by atoms with Crippen LogP contribution >= 0.6 is 15.9 Å². The van der Waals surface area contributed by atoms with E-state index in [0.717, 1.165) is 15.8 Å². The highest BCUT2D eigenvalue weighted by atomic mass is 79.9. The van der Waals surface area contributed by atoms with Crippen molar-refractivity contribution in [3.63, 3.8) is 0 Å². The third-order valence-corrected chi connectivity index (χ3v) is 4.59. The van der Waals surface area contributed by atoms with Crippen molar-refractivity contribution in [2.45, 2.75) is 33.2 Å². The van der Waals surface area contributed by atoms with Gasteiger partial charge in [-0.1, -0.05) is 21.1 Å². The maximum absolute atomic E-state index is 11.6. The first-order chi connectivity index (χ1) is 13.5. The van der Waals surface area contributed by atoms with Crippen LogP contribution in [-0.2, 0) is 22.5 Å². The van der Waals surface area contributed by atoms with Crippen molar-refractivity contribution in [2.24, 2.45) is 0 Å². The van der Waals surface area contributed by atoms with Gasteiger partial charge in [-0.25, -0.2) is 4.98 Å². The Balaban J connectivity index is 1.86. The van der Waals surface area contributed by atoms with Crippen LogP contribution in [0.1, 0.15) is 30.4 Å². The average molecular weight is 449 g/mol. The summed E-state index contributed by atoms with van der Waals surface area (Å²) >= 11 is 3.48. The fourth-order valence-corrected chi connectivity index (χ4v) is 3.19. The first kappa shape index (κ1) is 20.1. The highest BCUT2D eigenvalue weighted by Gasteiger charge is 2.16. The van der Waals surface area contributed by atoms with Gasteiger partial charge in [0, 0.05) is 23.0 Å². The second-order valence-corrected chi connectivity index (χ2v) is 6.97. The molecule has 148 valence electrons. The van der Waals surface area contributed by atoms with Crippen molar-refractivity contribution in [2.75, 3.05) is 19.0 Å². The van der Waals surface area contributed by atoms with Crippen LogP contribution < -0.4 is 10.1 Å². The number of esters is 1. The lowest BCUT2D eigenvalue weighted by molar-refractivity contribution is -0.143. The SMILES string of the molecule is CCOC(=O)CCc1nc(NCc2cc(Br)ccc2OC)c2c(C)noc2n1. The third kappa shape index (κ3) is 4.59. The van der Waals surface area contributed by atoms with Crippen LogP contribution in [-0.4, -0.2) is 34.8 Å². The van der Waals surface area contributed by atoms with E-state index in [4.69, 9.17) is 14.0 Å². The van der Waals surface area contributed by atoms with Crippen molar-refractivity contribution in [1.82, 2.24) is 15.1 Å². The molecule has 2 heterocycles. The van der Waals surface area contributed by atoms with E-state index < -0.39 is 0 Å². The van der Waals surface area contributed by atoms with Gasteiger partial charge in [-0.3, -0.25) is 4.79 Å². The number of carbonyl (C=O) groups is 1. The lowest BCUT2D eigenvalue weighted by atomic mass is 10.2. The maximum Gasteiger partial charge on any atom is 0.306 e. The number of rotatable bonds is 8. The second-order valence-electron chi connectivity index (χ2n) is 6.05. The molecule has 0 saturated heterocycles. The molecule has 9 heteroatoms. The quantitative estimate of drug-likeness (QED) is 0.519. The Hall–Kier alpha value is -2.68. The minimum Gasteiger partial charge on any atom is -0.496 e. The summed E-state index contributed by atoms with van der Waals surface area (Å²) < 4.78 is 16.6. The Kier molecular flexibility index (Phi) is 6.45. The Morgan fingerprint density at radius 2 is 2.14 bits per heavy atom. The molecule has 0 atom stereocenters. The van der Waals surface area contributed by atoms with Gasteiger partial charge in [0.1, 0.15) is 22.8 Å². The van der Waals surface area contributed by atoms with Crippen LogP contribution in [0, 0.1) is 6.92 Å². The van der Waals surface area contributed by atoms with Gasteiger partial charge >= 0.3 is 5.97 Å². The summed E-state index contributed by atoms with van der Waals surface area (Å²) in [5.74, 6) is 1.57. The van der Waals surface area contributed by atoms with E-state index in [1.807, 2.05) is 25.1 Å². The molecular formula is C19H21BrN4O4. The number of halogens is 1. The van der Waals surface area contributed by atoms with Gasteiger partial charge in [-0.05, 0) is 32.0 Å². The molecule has 2 aromatic heterocycles. The van der Waals surface area contributed by atoms with Crippen LogP contribution in [0.2, 0.25) is 0 Å². The highest BCUT2D eigenvalue weighted by Crippen LogP contribution is 2.27. The van der Waals surface area contributed by atoms with E-state index in [1.165, 1.54) is 0 Å². The first-order valence-electron chi connectivity index (χ1n) is 8.86. The number of benzene rings is 1. The van der Waals surface area contributed by atoms with E-state index in [1.54, 1.807) is 14.0 Å². The molecule has 0 aliphatic rings. The maximum atomic E-state index is 11.6. The number of ether oxygens (including phenoxy) is 2. The molecule has 28 heavy (non-hydrogen) atoms. The first-order valence-corrected chi connectivity index (χ1v) is 9.66. The van der Waals surface area contributed by atoms with Crippen molar-refractivity contribution in [3.05, 3.63) is 39.8 Å². The lowest BCUT2D eigenvalue weighted by Gasteiger charge is -2.12. The fourth-order valence-electron chi connectivity index (χ4n) is 2.78. The fraction of sp³-hybridized carbons (Fsp3) is 0.368. The summed E-state index contributed by atoms with van der Waals surface area (Å²) in [5.41, 5.74) is 2.04. The summed E-state index contributed by atoms with van der Waals surface area (Å²) in [6.07, 6.45) is 0.550. The Morgan fingerprint density at radius 1 is 1.32 bits per heavy atom. The van der Waals surface area contributed by atoms with Crippen molar-refractivity contribution in [3.8, 4) is 5.75 Å². The van der Waals surface area contributed by atoms with Gasteiger partial charge in [0.2, 0.25) is 0 Å². The largest absolute Gasteiger partial charge is 0.496 e. The molecule has 0 aliphatic heterocycles. The van der Waals surface area contributed by atoms with Gasteiger partial charge in [0.15, 0.2) is 0 Å². The topological polar surface area (TPSA) is 99.4 Å². The molecule has 0 bridgehead atoms. The van der Waals surface area contributed by atoms with Crippen LogP contribution in [0.5, 0.6) is 5.75 Å². The molecule has 0 amide bonds. The van der Waals surface area contributed by atoms with Crippen LogP contribution in [0.3, 0.4) is 0 Å². The Morgan fingerprint density at radius 3 is 2.89 bits per heavy atom. The summed E-state index contributed by atoms with van der Waals surface area (Å²) in [6, 6.07) is 5.79. The van der Waals surface area contributed by atoms with Crippen LogP contribution in [0.25, 0.3) is 11.1 Å². The van der Waals surface area contributed by atoms with E-state index in [-0.39, 0.29) is 12.4 Å². The predicted molar refractivity (Wildman–Crippen MR) is 107 cm³/mol. The number of methoxy groups -OCH3 is 1. The number of hydrogen-bond acceptors (Lipinski definition) is 8. The summed E-state index contributed by atoms with van der Waals surface area (Å²) in [4.78, 5) is 20.6. The van der Waals surface area contributed by atoms with E-state index in [0.29, 0.717) is 48.0 Å². The zero-order valence-electron chi connectivity index (χ0n) is 15.9. The summed E-state index contributed by atoms with van der Waals surface area (Å²) in [6.45, 7) is 4.44. The van der Waals surface area contributed by atoms with E-state index in [9.17, 15) is 4.79 Å². The van der Waals surface area contributed by atoms with Gasteiger partial charge in [0.25, 0.3) is 5.71 Å². The Bertz CT molecular complexity index is 989. The minimum absolute atomic E-state index is 0.200. The van der Waals surface area contributed by atoms with Gasteiger partial charge in [0.05, 0.1) is 25.8 Å². The minimum atomic E-state index is -0.284. The van der Waals surface area contributed by atoms with Crippen molar-refractivity contribution >= 4 is 38.8 Å². The molecular weight excluding hydrogens is 428 g/mol. The molecule has 3 aromatic rings. The van der Waals surface area contributed by atoms with Gasteiger partial charge < -0.3 is 19.3 Å². The zero-order valence-corrected chi connectivity index (χ0v) is 17.5. The molecule has 0 unspecified atom stereocenters. The molecule has 0 radical (unpaired) electrons. The van der Waals surface area contributed by atoms with E-state index in [2.05, 4.69) is 36.4 Å². The summed E-state index contributed by atoms with van der Waals surface area (Å²) in [7, 11) is 1.63. The van der Waals surface area contributed by atoms with Crippen LogP contribution in [0.4, 0.5) is 5.82 Å². The van der Waals surface area contributed by atoms with E-state index >= 15 is 0 Å². The second kappa shape index (κ2) is 9.01. The van der Waals surface area contributed by atoms with Gasteiger partial charge in [-0.15, -0.1) is 0 Å². The third-order valence-electron chi connectivity index (χ3n) is 4.10. The molecule has 0 aliphatic carbocycles. The average Bonchev–Trinajstić information content (AvgIpc) is 3.06.